The number of imidazole rings is 2. The van der Waals surface area contributed by atoms with Crippen LogP contribution < -0.4 is 20.4 Å². The van der Waals surface area contributed by atoms with Crippen molar-refractivity contribution in [3.8, 4) is 11.3 Å². The SMILES string of the molecule is CCCN(Cc1ncc(-c2ccc(N3CCN(c4cnc(CN(CCC)C(=O)CNC(=O)OC)[nH]4)CC3)nc2)[nH]1)C(=O)CNC(=O)OC. The van der Waals surface area contributed by atoms with Gasteiger partial charge in [0.2, 0.25) is 11.8 Å². The first kappa shape index (κ1) is 35.5. The maximum Gasteiger partial charge on any atom is 0.407 e. The van der Waals surface area contributed by atoms with Crippen LogP contribution in [0, 0.1) is 0 Å². The summed E-state index contributed by atoms with van der Waals surface area (Å²) in [6.07, 6.45) is 5.55. The Morgan fingerprint density at radius 2 is 1.29 bits per heavy atom. The number of nitrogens with one attached hydrogen (secondary N) is 4. The first-order valence-electron chi connectivity index (χ1n) is 16.0. The third kappa shape index (κ3) is 9.83. The Morgan fingerprint density at radius 3 is 1.81 bits per heavy atom. The minimum absolute atomic E-state index is 0.140. The molecular weight excluding hydrogens is 622 g/mol. The molecule has 260 valence electrons. The van der Waals surface area contributed by atoms with Crippen LogP contribution in [-0.2, 0) is 32.2 Å². The molecule has 1 aliphatic heterocycles. The van der Waals surface area contributed by atoms with E-state index in [9.17, 15) is 19.2 Å². The van der Waals surface area contributed by atoms with Gasteiger partial charge >= 0.3 is 12.2 Å². The van der Waals surface area contributed by atoms with Gasteiger partial charge in [0, 0.05) is 51.0 Å². The summed E-state index contributed by atoms with van der Waals surface area (Å²) in [6, 6.07) is 3.98. The Kier molecular flexibility index (Phi) is 13.0. The zero-order valence-corrected chi connectivity index (χ0v) is 28.0. The number of carbonyl (C=O) groups excluding carboxylic acids is 4. The van der Waals surface area contributed by atoms with Crippen LogP contribution in [-0.4, -0.2) is 125 Å². The van der Waals surface area contributed by atoms with Crippen LogP contribution in [0.25, 0.3) is 11.3 Å². The highest BCUT2D eigenvalue weighted by molar-refractivity contribution is 5.82. The van der Waals surface area contributed by atoms with Crippen molar-refractivity contribution in [3.63, 3.8) is 0 Å². The van der Waals surface area contributed by atoms with Crippen molar-refractivity contribution in [2.24, 2.45) is 0 Å². The Hall–Kier alpha value is -5.35. The number of alkyl carbamates (subject to hydrolysis) is 2. The number of H-pyrrole nitrogens is 2. The van der Waals surface area contributed by atoms with E-state index in [0.717, 1.165) is 61.9 Å². The molecule has 17 nitrogen and oxygen atoms in total. The van der Waals surface area contributed by atoms with Gasteiger partial charge in [-0.05, 0) is 25.0 Å². The number of aromatic amines is 2. The molecule has 17 heteroatoms. The van der Waals surface area contributed by atoms with Crippen LogP contribution in [0.2, 0.25) is 0 Å². The molecule has 4 amide bonds. The van der Waals surface area contributed by atoms with Crippen molar-refractivity contribution in [1.29, 1.82) is 0 Å². The maximum atomic E-state index is 12.6. The highest BCUT2D eigenvalue weighted by Crippen LogP contribution is 2.22. The molecule has 0 aromatic carbocycles. The van der Waals surface area contributed by atoms with E-state index in [4.69, 9.17) is 4.98 Å². The van der Waals surface area contributed by atoms with Gasteiger partial charge in [0.25, 0.3) is 0 Å². The zero-order valence-electron chi connectivity index (χ0n) is 28.0. The molecule has 4 rings (SSSR count). The molecule has 3 aromatic rings. The molecule has 0 spiro atoms. The standard InChI is InChI=1S/C31H45N11O6/c1-5-9-41(28(43)18-35-30(45)47-3)20-24-32-16-23(37-24)22-7-8-26(34-15-22)39-11-13-40(14-12-39)27-17-33-25(38-27)21-42(10-6-2)29(44)19-36-31(46)48-4/h7-8,15-17H,5-6,9-14,18-21H2,1-4H3,(H,32,37)(H,33,38)(H,35,45)(H,36,46). The number of amides is 4. The fourth-order valence-corrected chi connectivity index (χ4v) is 5.24. The lowest BCUT2D eigenvalue weighted by molar-refractivity contribution is -0.131. The summed E-state index contributed by atoms with van der Waals surface area (Å²) in [4.78, 5) is 76.0. The van der Waals surface area contributed by atoms with Crippen molar-refractivity contribution < 1.29 is 28.7 Å². The number of hydrogen-bond acceptors (Lipinski definition) is 11. The van der Waals surface area contributed by atoms with Crippen LogP contribution >= 0.6 is 0 Å². The highest BCUT2D eigenvalue weighted by Gasteiger charge is 2.22. The van der Waals surface area contributed by atoms with Gasteiger partial charge in [0.05, 0.1) is 45.4 Å². The van der Waals surface area contributed by atoms with E-state index in [-0.39, 0.29) is 31.4 Å². The number of carbonyl (C=O) groups is 4. The summed E-state index contributed by atoms with van der Waals surface area (Å²) in [5, 5.41) is 4.86. The molecule has 0 radical (unpaired) electrons. The van der Waals surface area contributed by atoms with E-state index < -0.39 is 12.2 Å². The predicted octanol–water partition coefficient (Wildman–Crippen LogP) is 1.71. The van der Waals surface area contributed by atoms with Gasteiger partial charge in [-0.15, -0.1) is 0 Å². The lowest BCUT2D eigenvalue weighted by atomic mass is 10.2. The first-order valence-corrected chi connectivity index (χ1v) is 16.0. The zero-order chi connectivity index (χ0) is 34.5. The topological polar surface area (TPSA) is 194 Å². The third-order valence-corrected chi connectivity index (χ3v) is 7.76. The molecule has 0 aliphatic carbocycles. The molecule has 3 aromatic heterocycles. The summed E-state index contributed by atoms with van der Waals surface area (Å²) in [7, 11) is 2.51. The van der Waals surface area contributed by atoms with Gasteiger partial charge in [-0.3, -0.25) is 9.59 Å². The van der Waals surface area contributed by atoms with E-state index in [1.807, 2.05) is 26.0 Å². The second-order valence-corrected chi connectivity index (χ2v) is 11.2. The van der Waals surface area contributed by atoms with Crippen LogP contribution in [0.3, 0.4) is 0 Å². The summed E-state index contributed by atoms with van der Waals surface area (Å²) in [5.74, 6) is 2.63. The quantitative estimate of drug-likeness (QED) is 0.184. The number of aromatic nitrogens is 5. The van der Waals surface area contributed by atoms with E-state index in [0.29, 0.717) is 31.3 Å². The lowest BCUT2D eigenvalue weighted by Crippen LogP contribution is -2.47. The molecule has 4 N–H and O–H groups in total. The van der Waals surface area contributed by atoms with Crippen LogP contribution in [0.5, 0.6) is 0 Å². The Labute approximate surface area is 279 Å². The molecular formula is C31H45N11O6. The molecule has 0 atom stereocenters. The van der Waals surface area contributed by atoms with Gasteiger partial charge in [-0.2, -0.15) is 0 Å². The van der Waals surface area contributed by atoms with Crippen LogP contribution in [0.15, 0.2) is 30.7 Å². The number of methoxy groups -OCH3 is 2. The lowest BCUT2D eigenvalue weighted by Gasteiger charge is -2.35. The number of anilines is 2. The molecule has 1 aliphatic rings. The maximum absolute atomic E-state index is 12.6. The molecule has 1 saturated heterocycles. The normalized spacial score (nSPS) is 12.8. The van der Waals surface area contributed by atoms with E-state index in [2.05, 4.69) is 49.8 Å². The number of pyridine rings is 1. The third-order valence-electron chi connectivity index (χ3n) is 7.76. The molecule has 4 heterocycles. The number of rotatable bonds is 15. The monoisotopic (exact) mass is 667 g/mol. The van der Waals surface area contributed by atoms with Gasteiger partial charge in [0.1, 0.15) is 36.4 Å². The average Bonchev–Trinajstić information content (AvgIpc) is 3.79. The Bertz CT molecular complexity index is 1500. The average molecular weight is 668 g/mol. The number of nitrogens with zero attached hydrogens (tertiary/aromatic N) is 7. The fraction of sp³-hybridized carbons (Fsp3) is 0.516. The molecule has 0 unspecified atom stereocenters. The number of ether oxygens (including phenoxy) is 2. The predicted molar refractivity (Wildman–Crippen MR) is 177 cm³/mol. The van der Waals surface area contributed by atoms with E-state index in [1.54, 1.807) is 28.4 Å². The van der Waals surface area contributed by atoms with Gasteiger partial charge < -0.3 is 49.7 Å². The largest absolute Gasteiger partial charge is 0.453 e. The van der Waals surface area contributed by atoms with Crippen molar-refractivity contribution in [2.45, 2.75) is 39.8 Å². The molecule has 0 bridgehead atoms. The molecule has 0 saturated carbocycles. The van der Waals surface area contributed by atoms with E-state index in [1.165, 1.54) is 14.2 Å². The number of hydrogen-bond donors (Lipinski definition) is 4. The summed E-state index contributed by atoms with van der Waals surface area (Å²) >= 11 is 0. The Morgan fingerprint density at radius 1 is 0.750 bits per heavy atom. The van der Waals surface area contributed by atoms with Crippen LogP contribution in [0.1, 0.15) is 38.3 Å². The minimum atomic E-state index is -0.654. The molecule has 48 heavy (non-hydrogen) atoms. The van der Waals surface area contributed by atoms with Gasteiger partial charge in [-0.25, -0.2) is 24.5 Å². The summed E-state index contributed by atoms with van der Waals surface area (Å²) < 4.78 is 9.09. The first-order chi connectivity index (χ1) is 23.2. The summed E-state index contributed by atoms with van der Waals surface area (Å²) in [6.45, 7) is 8.39. The highest BCUT2D eigenvalue weighted by atomic mass is 16.5. The van der Waals surface area contributed by atoms with E-state index >= 15 is 0 Å². The minimum Gasteiger partial charge on any atom is -0.453 e. The Balaban J connectivity index is 1.28. The van der Waals surface area contributed by atoms with Gasteiger partial charge in [-0.1, -0.05) is 13.8 Å². The van der Waals surface area contributed by atoms with Crippen molar-refractivity contribution in [1.82, 2.24) is 45.4 Å². The van der Waals surface area contributed by atoms with Gasteiger partial charge in [0.15, 0.2) is 0 Å². The summed E-state index contributed by atoms with van der Waals surface area (Å²) in [5.41, 5.74) is 1.66. The van der Waals surface area contributed by atoms with Crippen LogP contribution in [0.4, 0.5) is 21.2 Å². The second-order valence-electron chi connectivity index (χ2n) is 11.2. The smallest absolute Gasteiger partial charge is 0.407 e. The fourth-order valence-electron chi connectivity index (χ4n) is 5.24. The second kappa shape index (κ2) is 17.5. The number of piperazine rings is 1. The van der Waals surface area contributed by atoms with Crippen molar-refractivity contribution >= 4 is 35.6 Å². The van der Waals surface area contributed by atoms with Crippen molar-refractivity contribution in [3.05, 3.63) is 42.4 Å². The molecule has 1 fully saturated rings. The van der Waals surface area contributed by atoms with Crippen molar-refractivity contribution in [2.75, 3.05) is 76.4 Å².